The second-order valence-corrected chi connectivity index (χ2v) is 13.4. The maximum Gasteiger partial charge on any atom is 0.164 e. The third-order valence-corrected chi connectivity index (χ3v) is 10.8. The van der Waals surface area contributed by atoms with Crippen LogP contribution in [0, 0.1) is 11.3 Å². The Kier molecular flexibility index (Phi) is 5.88. The minimum atomic E-state index is -0.620. The molecule has 0 aliphatic heterocycles. The van der Waals surface area contributed by atoms with Gasteiger partial charge >= 0.3 is 0 Å². The van der Waals surface area contributed by atoms with Crippen LogP contribution in [0.2, 0.25) is 0 Å². The molecule has 1 unspecified atom stereocenters. The van der Waals surface area contributed by atoms with Crippen LogP contribution in [0.15, 0.2) is 162 Å². The number of furan rings is 1. The summed E-state index contributed by atoms with van der Waals surface area (Å²) in [5.41, 5.74) is 13.6. The predicted octanol–water partition coefficient (Wildman–Crippen LogP) is 11.0. The van der Waals surface area contributed by atoms with Crippen molar-refractivity contribution < 1.29 is 4.42 Å². The van der Waals surface area contributed by atoms with Crippen LogP contribution in [0.1, 0.15) is 27.8 Å². The molecule has 2 aliphatic rings. The van der Waals surface area contributed by atoms with Crippen LogP contribution in [0.3, 0.4) is 0 Å². The van der Waals surface area contributed by atoms with Gasteiger partial charge in [0.25, 0.3) is 0 Å². The van der Waals surface area contributed by atoms with E-state index in [0.29, 0.717) is 28.6 Å². The van der Waals surface area contributed by atoms with Gasteiger partial charge in [-0.05, 0) is 62.7 Å². The minimum absolute atomic E-state index is 0.607. The van der Waals surface area contributed by atoms with E-state index in [1.165, 1.54) is 22.3 Å². The van der Waals surface area contributed by atoms with Crippen LogP contribution in [-0.2, 0) is 5.41 Å². The van der Waals surface area contributed by atoms with Crippen LogP contribution in [0.4, 0.5) is 0 Å². The number of rotatable bonds is 3. The van der Waals surface area contributed by atoms with Crippen LogP contribution in [0.25, 0.3) is 78.4 Å². The Morgan fingerprint density at radius 3 is 1.62 bits per heavy atom. The van der Waals surface area contributed by atoms with Gasteiger partial charge in [0.15, 0.2) is 17.5 Å². The largest absolute Gasteiger partial charge is 0.456 e. The number of benzene rings is 7. The Bertz CT molecular complexity index is 2920. The van der Waals surface area contributed by atoms with Crippen molar-refractivity contribution >= 4 is 21.9 Å². The molecule has 0 radical (unpaired) electrons. The summed E-state index contributed by atoms with van der Waals surface area (Å²) in [6.45, 7) is 0. The molecular formula is C47H26N4O. The first-order valence-corrected chi connectivity index (χ1v) is 17.3. The number of nitriles is 1. The monoisotopic (exact) mass is 662 g/mol. The highest BCUT2D eigenvalue weighted by Gasteiger charge is 2.53. The van der Waals surface area contributed by atoms with Gasteiger partial charge in [-0.2, -0.15) is 5.26 Å². The molecule has 2 heterocycles. The fraction of sp³-hybridized carbons (Fsp3) is 0.0213. The van der Waals surface area contributed by atoms with Crippen molar-refractivity contribution in [3.05, 3.63) is 186 Å². The number of aromatic nitrogens is 3. The molecule has 2 aliphatic carbocycles. The van der Waals surface area contributed by atoms with E-state index in [1.54, 1.807) is 0 Å². The standard InChI is InChI=1S/C47H26N4O/c48-27-30-17-11-24-38-40(30)43-39(52-38)26-25-37-42(43)32-19-8-10-22-35(32)47(37)34-21-9-7-18-31(34)41-33(20-12-23-36(41)47)46-50-44(28-13-3-1-4-14-28)49-45(51-46)29-15-5-2-6-16-29/h1-26H. The Labute approximate surface area is 299 Å². The molecular weight excluding hydrogens is 637 g/mol. The fourth-order valence-electron chi connectivity index (χ4n) is 8.79. The molecule has 2 aromatic heterocycles. The third-order valence-electron chi connectivity index (χ3n) is 10.8. The lowest BCUT2D eigenvalue weighted by Gasteiger charge is -2.30. The Morgan fingerprint density at radius 1 is 0.423 bits per heavy atom. The molecule has 52 heavy (non-hydrogen) atoms. The lowest BCUT2D eigenvalue weighted by molar-refractivity contribution is 0.668. The Morgan fingerprint density at radius 2 is 0.942 bits per heavy atom. The number of fused-ring (bicyclic) bond motifs is 14. The quantitative estimate of drug-likeness (QED) is 0.188. The maximum atomic E-state index is 10.2. The van der Waals surface area contributed by atoms with Crippen LogP contribution >= 0.6 is 0 Å². The zero-order valence-electron chi connectivity index (χ0n) is 27.7. The summed E-state index contributed by atoms with van der Waals surface area (Å²) >= 11 is 0. The topological polar surface area (TPSA) is 75.6 Å². The van der Waals surface area contributed by atoms with Crippen molar-refractivity contribution in [2.45, 2.75) is 5.41 Å². The summed E-state index contributed by atoms with van der Waals surface area (Å²) < 4.78 is 6.42. The molecule has 1 spiro atoms. The summed E-state index contributed by atoms with van der Waals surface area (Å²) in [5, 5.41) is 12.1. The smallest absolute Gasteiger partial charge is 0.164 e. The van der Waals surface area contributed by atoms with Gasteiger partial charge in [0.2, 0.25) is 0 Å². The molecule has 240 valence electrons. The molecule has 1 atom stereocenters. The number of hydrogen-bond acceptors (Lipinski definition) is 5. The molecule has 0 amide bonds. The fourth-order valence-corrected chi connectivity index (χ4v) is 8.79. The van der Waals surface area contributed by atoms with Crippen molar-refractivity contribution in [3.8, 4) is 62.5 Å². The van der Waals surface area contributed by atoms with E-state index in [2.05, 4.69) is 84.9 Å². The zero-order chi connectivity index (χ0) is 34.4. The predicted molar refractivity (Wildman–Crippen MR) is 204 cm³/mol. The van der Waals surface area contributed by atoms with E-state index in [-0.39, 0.29) is 0 Å². The van der Waals surface area contributed by atoms with Gasteiger partial charge in [-0.3, -0.25) is 0 Å². The second-order valence-electron chi connectivity index (χ2n) is 13.4. The van der Waals surface area contributed by atoms with Gasteiger partial charge < -0.3 is 4.42 Å². The van der Waals surface area contributed by atoms with Gasteiger partial charge in [-0.1, -0.05) is 140 Å². The molecule has 0 bridgehead atoms. The normalized spacial score (nSPS) is 15.0. The van der Waals surface area contributed by atoms with Crippen LogP contribution < -0.4 is 0 Å². The number of nitrogens with zero attached hydrogens (tertiary/aromatic N) is 4. The molecule has 7 aromatic carbocycles. The summed E-state index contributed by atoms with van der Waals surface area (Å²) in [6, 6.07) is 56.7. The Balaban J connectivity index is 1.25. The molecule has 0 saturated carbocycles. The molecule has 9 aromatic rings. The summed E-state index contributed by atoms with van der Waals surface area (Å²) in [5.74, 6) is 1.88. The van der Waals surface area contributed by atoms with Crippen LogP contribution in [-0.4, -0.2) is 15.0 Å². The summed E-state index contributed by atoms with van der Waals surface area (Å²) in [7, 11) is 0. The van der Waals surface area contributed by atoms with Crippen molar-refractivity contribution in [2.24, 2.45) is 0 Å². The van der Waals surface area contributed by atoms with E-state index in [0.717, 1.165) is 55.3 Å². The summed E-state index contributed by atoms with van der Waals surface area (Å²) in [4.78, 5) is 15.3. The van der Waals surface area contributed by atoms with E-state index < -0.39 is 5.41 Å². The van der Waals surface area contributed by atoms with Gasteiger partial charge in [0.1, 0.15) is 11.2 Å². The average Bonchev–Trinajstić information content (AvgIpc) is 3.85. The lowest BCUT2D eigenvalue weighted by atomic mass is 9.70. The number of hydrogen-bond donors (Lipinski definition) is 0. The van der Waals surface area contributed by atoms with Crippen molar-refractivity contribution in [2.75, 3.05) is 0 Å². The van der Waals surface area contributed by atoms with Crippen molar-refractivity contribution in [1.82, 2.24) is 15.0 Å². The minimum Gasteiger partial charge on any atom is -0.456 e. The van der Waals surface area contributed by atoms with Crippen molar-refractivity contribution in [3.63, 3.8) is 0 Å². The first kappa shape index (κ1) is 28.7. The highest BCUT2D eigenvalue weighted by atomic mass is 16.3. The Hall–Kier alpha value is -7.16. The third kappa shape index (κ3) is 3.73. The van der Waals surface area contributed by atoms with E-state index in [1.807, 2.05) is 78.9 Å². The van der Waals surface area contributed by atoms with E-state index >= 15 is 0 Å². The van der Waals surface area contributed by atoms with E-state index in [9.17, 15) is 5.26 Å². The lowest BCUT2D eigenvalue weighted by Crippen LogP contribution is -2.25. The first-order chi connectivity index (χ1) is 25.8. The van der Waals surface area contributed by atoms with Crippen molar-refractivity contribution in [1.29, 1.82) is 5.26 Å². The van der Waals surface area contributed by atoms with E-state index in [4.69, 9.17) is 19.4 Å². The molecule has 0 N–H and O–H groups in total. The first-order valence-electron chi connectivity index (χ1n) is 17.3. The van der Waals surface area contributed by atoms with Gasteiger partial charge in [0, 0.05) is 27.5 Å². The second kappa shape index (κ2) is 10.7. The molecule has 0 saturated heterocycles. The highest BCUT2D eigenvalue weighted by molar-refractivity contribution is 6.18. The zero-order valence-corrected chi connectivity index (χ0v) is 27.7. The molecule has 5 nitrogen and oxygen atoms in total. The van der Waals surface area contributed by atoms with Gasteiger partial charge in [-0.25, -0.2) is 15.0 Å². The molecule has 11 rings (SSSR count). The summed E-state index contributed by atoms with van der Waals surface area (Å²) in [6.07, 6.45) is 0. The van der Waals surface area contributed by atoms with Gasteiger partial charge in [-0.15, -0.1) is 0 Å². The molecule has 0 fully saturated rings. The van der Waals surface area contributed by atoms with Gasteiger partial charge in [0.05, 0.1) is 17.0 Å². The average molecular weight is 663 g/mol. The SMILES string of the molecule is N#Cc1cccc2oc3ccc4c(c3c12)-c1ccccc1C41c2ccccc2-c2c(-c3nc(-c4ccccc4)nc(-c4ccccc4)n3)cccc21. The molecule has 5 heteroatoms. The van der Waals surface area contributed by atoms with Crippen LogP contribution in [0.5, 0.6) is 0 Å². The maximum absolute atomic E-state index is 10.2. The highest BCUT2D eigenvalue weighted by Crippen LogP contribution is 2.65.